The Kier molecular flexibility index (Phi) is 5.33. The Balaban J connectivity index is 1.87. The number of nitrogens with zero attached hydrogens (tertiary/aromatic N) is 3. The van der Waals surface area contributed by atoms with Gasteiger partial charge in [0.25, 0.3) is 0 Å². The first-order chi connectivity index (χ1) is 10.3. The van der Waals surface area contributed by atoms with Crippen molar-refractivity contribution in [1.82, 2.24) is 14.9 Å². The Hall–Kier alpha value is -1.28. The number of alkyl halides is 3. The summed E-state index contributed by atoms with van der Waals surface area (Å²) in [5.74, 6) is 0.919. The molecule has 0 aromatic carbocycles. The van der Waals surface area contributed by atoms with Gasteiger partial charge in [0.2, 0.25) is 0 Å². The number of aromatic nitrogens is 2. The summed E-state index contributed by atoms with van der Waals surface area (Å²) in [5.41, 5.74) is 5.62. The topological polar surface area (TPSA) is 67.1 Å². The number of anilines is 2. The van der Waals surface area contributed by atoms with Crippen molar-refractivity contribution < 1.29 is 13.2 Å². The van der Waals surface area contributed by atoms with E-state index in [1.165, 1.54) is 11.2 Å². The van der Waals surface area contributed by atoms with Gasteiger partial charge < -0.3 is 11.1 Å². The average Bonchev–Trinajstić information content (AvgIpc) is 2.43. The number of hydrogen-bond acceptors (Lipinski definition) is 5. The Bertz CT molecular complexity index is 503. The second kappa shape index (κ2) is 6.87. The van der Waals surface area contributed by atoms with E-state index in [4.69, 9.17) is 17.3 Å². The highest BCUT2D eigenvalue weighted by atomic mass is 35.5. The molecule has 1 aromatic rings. The van der Waals surface area contributed by atoms with Crippen LogP contribution >= 0.6 is 11.6 Å². The molecule has 2 heterocycles. The summed E-state index contributed by atoms with van der Waals surface area (Å²) in [7, 11) is 0. The van der Waals surface area contributed by atoms with Gasteiger partial charge in [0, 0.05) is 6.04 Å². The number of rotatable bonds is 4. The largest absolute Gasteiger partial charge is 0.401 e. The average molecular weight is 338 g/mol. The zero-order valence-electron chi connectivity index (χ0n) is 12.2. The molecule has 2 rings (SSSR count). The normalized spacial score (nSPS) is 19.1. The second-order valence-corrected chi connectivity index (χ2v) is 5.96. The quantitative estimate of drug-likeness (QED) is 0.884. The SMILES string of the molecule is CC(Nc1ncnc(N)c1Cl)C1CCN(CC(F)(F)F)CC1. The molecule has 0 spiro atoms. The van der Waals surface area contributed by atoms with Gasteiger partial charge in [-0.3, -0.25) is 4.90 Å². The number of piperidine rings is 1. The third-order valence-electron chi connectivity index (χ3n) is 3.92. The van der Waals surface area contributed by atoms with E-state index in [-0.39, 0.29) is 22.8 Å². The van der Waals surface area contributed by atoms with Crippen LogP contribution < -0.4 is 11.1 Å². The van der Waals surface area contributed by atoms with E-state index in [9.17, 15) is 13.2 Å². The highest BCUT2D eigenvalue weighted by molar-refractivity contribution is 6.35. The number of nitrogens with two attached hydrogens (primary N) is 1. The fourth-order valence-corrected chi connectivity index (χ4v) is 2.83. The summed E-state index contributed by atoms with van der Waals surface area (Å²) >= 11 is 6.03. The van der Waals surface area contributed by atoms with Gasteiger partial charge in [0.15, 0.2) is 5.82 Å². The molecule has 0 radical (unpaired) electrons. The Morgan fingerprint density at radius 1 is 1.41 bits per heavy atom. The summed E-state index contributed by atoms with van der Waals surface area (Å²) in [6.45, 7) is 2.01. The third-order valence-corrected chi connectivity index (χ3v) is 4.30. The molecule has 1 aliphatic rings. The lowest BCUT2D eigenvalue weighted by molar-refractivity contribution is -0.148. The first-order valence-corrected chi connectivity index (χ1v) is 7.45. The van der Waals surface area contributed by atoms with Crippen LogP contribution in [0.3, 0.4) is 0 Å². The third kappa shape index (κ3) is 4.61. The fourth-order valence-electron chi connectivity index (χ4n) is 2.68. The molecule has 3 N–H and O–H groups in total. The van der Waals surface area contributed by atoms with Crippen LogP contribution in [0.25, 0.3) is 0 Å². The van der Waals surface area contributed by atoms with Crippen LogP contribution in [0.15, 0.2) is 6.33 Å². The van der Waals surface area contributed by atoms with Gasteiger partial charge in [-0.25, -0.2) is 9.97 Å². The number of nitrogen functional groups attached to an aromatic ring is 1. The van der Waals surface area contributed by atoms with Gasteiger partial charge >= 0.3 is 6.18 Å². The summed E-state index contributed by atoms with van der Waals surface area (Å²) in [6, 6.07) is 0.0415. The van der Waals surface area contributed by atoms with E-state index in [1.807, 2.05) is 6.92 Å². The number of hydrogen-bond donors (Lipinski definition) is 2. The van der Waals surface area contributed by atoms with Gasteiger partial charge in [-0.1, -0.05) is 11.6 Å². The van der Waals surface area contributed by atoms with Crippen molar-refractivity contribution in [2.24, 2.45) is 5.92 Å². The first-order valence-electron chi connectivity index (χ1n) is 7.08. The molecule has 1 saturated heterocycles. The van der Waals surface area contributed by atoms with E-state index in [2.05, 4.69) is 15.3 Å². The van der Waals surface area contributed by atoms with Crippen molar-refractivity contribution in [2.45, 2.75) is 32.0 Å². The Labute approximate surface area is 132 Å². The minimum absolute atomic E-state index is 0.0415. The van der Waals surface area contributed by atoms with Crippen LogP contribution in [0.4, 0.5) is 24.8 Å². The highest BCUT2D eigenvalue weighted by Crippen LogP contribution is 2.28. The van der Waals surface area contributed by atoms with Gasteiger partial charge in [-0.2, -0.15) is 13.2 Å². The van der Waals surface area contributed by atoms with Crippen LogP contribution in [0, 0.1) is 5.92 Å². The van der Waals surface area contributed by atoms with E-state index < -0.39 is 12.7 Å². The molecule has 0 aliphatic carbocycles. The van der Waals surface area contributed by atoms with Gasteiger partial charge in [-0.15, -0.1) is 0 Å². The first kappa shape index (κ1) is 17.1. The lowest BCUT2D eigenvalue weighted by Crippen LogP contribution is -2.43. The molecule has 1 aliphatic heterocycles. The maximum Gasteiger partial charge on any atom is 0.401 e. The highest BCUT2D eigenvalue weighted by Gasteiger charge is 2.33. The van der Waals surface area contributed by atoms with Crippen molar-refractivity contribution >= 4 is 23.2 Å². The maximum absolute atomic E-state index is 12.4. The molecule has 0 saturated carbocycles. The zero-order valence-corrected chi connectivity index (χ0v) is 13.0. The van der Waals surface area contributed by atoms with Crippen LogP contribution in [0.1, 0.15) is 19.8 Å². The lowest BCUT2D eigenvalue weighted by Gasteiger charge is -2.35. The smallest absolute Gasteiger partial charge is 0.382 e. The molecule has 1 fully saturated rings. The summed E-state index contributed by atoms with van der Waals surface area (Å²) in [4.78, 5) is 9.27. The molecule has 9 heteroatoms. The minimum Gasteiger partial charge on any atom is -0.382 e. The lowest BCUT2D eigenvalue weighted by atomic mass is 9.90. The van der Waals surface area contributed by atoms with Crippen LogP contribution in [-0.4, -0.2) is 46.7 Å². The molecule has 0 bridgehead atoms. The van der Waals surface area contributed by atoms with Gasteiger partial charge in [-0.05, 0) is 38.8 Å². The summed E-state index contributed by atoms with van der Waals surface area (Å²) < 4.78 is 37.1. The van der Waals surface area contributed by atoms with Crippen molar-refractivity contribution in [3.8, 4) is 0 Å². The molecule has 1 unspecified atom stereocenters. The van der Waals surface area contributed by atoms with Crippen molar-refractivity contribution in [1.29, 1.82) is 0 Å². The van der Waals surface area contributed by atoms with E-state index in [0.29, 0.717) is 31.7 Å². The van der Waals surface area contributed by atoms with Crippen LogP contribution in [0.5, 0.6) is 0 Å². The second-order valence-electron chi connectivity index (χ2n) is 5.58. The monoisotopic (exact) mass is 337 g/mol. The van der Waals surface area contributed by atoms with E-state index in [0.717, 1.165) is 0 Å². The standard InChI is InChI=1S/C13H19ClF3N5/c1-8(21-12-10(14)11(18)19-7-20-12)9-2-4-22(5-3-9)6-13(15,16)17/h7-9H,2-6H2,1H3,(H3,18,19,20,21). The predicted octanol–water partition coefficient (Wildman–Crippen LogP) is 2.79. The van der Waals surface area contributed by atoms with E-state index >= 15 is 0 Å². The Morgan fingerprint density at radius 2 is 2.05 bits per heavy atom. The van der Waals surface area contributed by atoms with Crippen molar-refractivity contribution in [2.75, 3.05) is 30.7 Å². The molecule has 22 heavy (non-hydrogen) atoms. The van der Waals surface area contributed by atoms with Crippen LogP contribution in [-0.2, 0) is 0 Å². The van der Waals surface area contributed by atoms with Gasteiger partial charge in [0.05, 0.1) is 6.54 Å². The van der Waals surface area contributed by atoms with E-state index in [1.54, 1.807) is 0 Å². The van der Waals surface area contributed by atoms with Gasteiger partial charge in [0.1, 0.15) is 17.2 Å². The van der Waals surface area contributed by atoms with Crippen molar-refractivity contribution in [3.63, 3.8) is 0 Å². The molecule has 1 aromatic heterocycles. The zero-order chi connectivity index (χ0) is 16.3. The minimum atomic E-state index is -4.14. The molecule has 0 amide bonds. The Morgan fingerprint density at radius 3 is 2.64 bits per heavy atom. The summed E-state index contributed by atoms with van der Waals surface area (Å²) in [6.07, 6.45) is -1.42. The summed E-state index contributed by atoms with van der Waals surface area (Å²) in [5, 5.41) is 3.45. The number of likely N-dealkylation sites (tertiary alicyclic amines) is 1. The molecular weight excluding hydrogens is 319 g/mol. The molecule has 124 valence electrons. The fraction of sp³-hybridized carbons (Fsp3) is 0.692. The molecular formula is C13H19ClF3N5. The predicted molar refractivity (Wildman–Crippen MR) is 79.8 cm³/mol. The molecule has 5 nitrogen and oxygen atoms in total. The van der Waals surface area contributed by atoms with Crippen molar-refractivity contribution in [3.05, 3.63) is 11.3 Å². The maximum atomic E-state index is 12.4. The number of halogens is 4. The molecule has 1 atom stereocenters. The van der Waals surface area contributed by atoms with Crippen LogP contribution in [0.2, 0.25) is 5.02 Å². The number of nitrogens with one attached hydrogen (secondary N) is 1.